The van der Waals surface area contributed by atoms with Gasteiger partial charge in [0.05, 0.1) is 0 Å². The Labute approximate surface area is 171 Å². The number of nitrogens with zero attached hydrogens (tertiary/aromatic N) is 2. The lowest BCUT2D eigenvalue weighted by molar-refractivity contribution is -0.133. The molecule has 5 rings (SSSR count). The van der Waals surface area contributed by atoms with Crippen molar-refractivity contribution >= 4 is 17.6 Å². The number of rotatable bonds is 3. The number of nitrogens with one attached hydrogen (secondary N) is 1. The van der Waals surface area contributed by atoms with Crippen LogP contribution in [0.25, 0.3) is 11.1 Å². The number of amides is 3. The van der Waals surface area contributed by atoms with Crippen molar-refractivity contribution in [3.8, 4) is 11.1 Å². The van der Waals surface area contributed by atoms with Crippen molar-refractivity contribution in [1.29, 1.82) is 0 Å². The number of fused-ring (bicyclic) bond motifs is 1. The van der Waals surface area contributed by atoms with Crippen molar-refractivity contribution in [3.63, 3.8) is 0 Å². The molecule has 1 N–H and O–H groups in total. The smallest absolute Gasteiger partial charge is 0.322 e. The fourth-order valence-corrected chi connectivity index (χ4v) is 4.51. The van der Waals surface area contributed by atoms with Gasteiger partial charge in [0.15, 0.2) is 0 Å². The summed E-state index contributed by atoms with van der Waals surface area (Å²) in [6.45, 7) is 2.24. The van der Waals surface area contributed by atoms with Crippen LogP contribution >= 0.6 is 0 Å². The number of carbonyl (C=O) groups is 2. The molecule has 1 saturated carbocycles. The Morgan fingerprint density at radius 2 is 1.62 bits per heavy atom. The molecule has 3 aliphatic rings. The van der Waals surface area contributed by atoms with Gasteiger partial charge in [-0.2, -0.15) is 0 Å². The first-order chi connectivity index (χ1) is 14.2. The van der Waals surface area contributed by atoms with Crippen LogP contribution in [0.4, 0.5) is 10.5 Å². The Hall–Kier alpha value is -2.82. The van der Waals surface area contributed by atoms with Crippen LogP contribution in [-0.4, -0.2) is 42.5 Å². The van der Waals surface area contributed by atoms with Crippen LogP contribution in [-0.2, 0) is 11.2 Å². The van der Waals surface area contributed by atoms with Crippen LogP contribution in [0.3, 0.4) is 0 Å². The zero-order valence-electron chi connectivity index (χ0n) is 16.6. The summed E-state index contributed by atoms with van der Waals surface area (Å²) < 4.78 is 0. The van der Waals surface area contributed by atoms with E-state index in [1.165, 1.54) is 16.7 Å². The van der Waals surface area contributed by atoms with Gasteiger partial charge in [0.2, 0.25) is 5.91 Å². The molecule has 5 nitrogen and oxygen atoms in total. The molecule has 2 aromatic carbocycles. The van der Waals surface area contributed by atoms with Crippen LogP contribution in [0.2, 0.25) is 0 Å². The topological polar surface area (TPSA) is 52.7 Å². The van der Waals surface area contributed by atoms with Crippen LogP contribution in [0, 0.1) is 5.92 Å². The van der Waals surface area contributed by atoms with Gasteiger partial charge in [0, 0.05) is 37.3 Å². The molecular weight excluding hydrogens is 362 g/mol. The van der Waals surface area contributed by atoms with Crippen LogP contribution in [0.5, 0.6) is 0 Å². The van der Waals surface area contributed by atoms with Gasteiger partial charge in [-0.3, -0.25) is 9.69 Å². The number of likely N-dealkylation sites (tertiary alicyclic amines) is 1. The third-order valence-electron chi connectivity index (χ3n) is 6.39. The number of benzene rings is 2. The van der Waals surface area contributed by atoms with Crippen molar-refractivity contribution in [3.05, 3.63) is 54.1 Å². The number of urea groups is 1. The molecule has 2 fully saturated rings. The lowest BCUT2D eigenvalue weighted by Crippen LogP contribution is -2.50. The number of hydrogen-bond acceptors (Lipinski definition) is 2. The molecule has 0 radical (unpaired) electrons. The van der Waals surface area contributed by atoms with Gasteiger partial charge in [-0.25, -0.2) is 4.79 Å². The first kappa shape index (κ1) is 18.2. The Kier molecular flexibility index (Phi) is 4.74. The second-order valence-corrected chi connectivity index (χ2v) is 8.43. The van der Waals surface area contributed by atoms with Gasteiger partial charge in [0.1, 0.15) is 0 Å². The summed E-state index contributed by atoms with van der Waals surface area (Å²) in [5, 5.41) is 3.20. The molecule has 3 amide bonds. The van der Waals surface area contributed by atoms with Gasteiger partial charge >= 0.3 is 6.03 Å². The molecule has 0 aromatic heterocycles. The highest BCUT2D eigenvalue weighted by Gasteiger charge is 2.35. The molecule has 1 aliphatic carbocycles. The third-order valence-corrected chi connectivity index (χ3v) is 6.39. The molecular formula is C24H27N3O2. The largest absolute Gasteiger partial charge is 0.342 e. The highest BCUT2D eigenvalue weighted by molar-refractivity contribution is 5.95. The average molecular weight is 389 g/mol. The summed E-state index contributed by atoms with van der Waals surface area (Å²) in [7, 11) is 0. The highest BCUT2D eigenvalue weighted by atomic mass is 16.2. The van der Waals surface area contributed by atoms with Crippen molar-refractivity contribution in [1.82, 2.24) is 10.2 Å². The van der Waals surface area contributed by atoms with Gasteiger partial charge in [0.25, 0.3) is 0 Å². The molecule has 29 heavy (non-hydrogen) atoms. The van der Waals surface area contributed by atoms with E-state index in [1.807, 2.05) is 28.0 Å². The molecule has 5 heteroatoms. The Morgan fingerprint density at radius 3 is 2.34 bits per heavy atom. The van der Waals surface area contributed by atoms with E-state index in [4.69, 9.17) is 0 Å². The molecule has 2 aromatic rings. The van der Waals surface area contributed by atoms with E-state index < -0.39 is 0 Å². The van der Waals surface area contributed by atoms with Gasteiger partial charge in [-0.05, 0) is 60.9 Å². The SMILES string of the molecule is O=C(C1CC1)N1CCC(NC(=O)N2CCc3cc(-c4ccccc4)ccc32)CC1. The lowest BCUT2D eigenvalue weighted by Gasteiger charge is -2.33. The van der Waals surface area contributed by atoms with E-state index >= 15 is 0 Å². The monoisotopic (exact) mass is 389 g/mol. The molecule has 2 aliphatic heterocycles. The zero-order chi connectivity index (χ0) is 19.8. The summed E-state index contributed by atoms with van der Waals surface area (Å²) in [5.74, 6) is 0.598. The minimum Gasteiger partial charge on any atom is -0.342 e. The normalized spacial score (nSPS) is 19.2. The second kappa shape index (κ2) is 7.54. The zero-order valence-corrected chi connectivity index (χ0v) is 16.6. The van der Waals surface area contributed by atoms with E-state index in [0.717, 1.165) is 57.4 Å². The van der Waals surface area contributed by atoms with Crippen molar-refractivity contribution in [2.45, 2.75) is 38.1 Å². The highest BCUT2D eigenvalue weighted by Crippen LogP contribution is 2.33. The third kappa shape index (κ3) is 3.74. The number of anilines is 1. The lowest BCUT2D eigenvalue weighted by atomic mass is 10.0. The number of carbonyl (C=O) groups excluding carboxylic acids is 2. The van der Waals surface area contributed by atoms with Crippen LogP contribution in [0.15, 0.2) is 48.5 Å². The second-order valence-electron chi connectivity index (χ2n) is 8.43. The predicted octanol–water partition coefficient (Wildman–Crippen LogP) is 3.83. The molecule has 150 valence electrons. The van der Waals surface area contributed by atoms with E-state index in [2.05, 4.69) is 35.6 Å². The fourth-order valence-electron chi connectivity index (χ4n) is 4.51. The Bertz CT molecular complexity index is 915. The molecule has 0 spiro atoms. The van der Waals surface area contributed by atoms with Crippen molar-refractivity contribution in [2.24, 2.45) is 5.92 Å². The number of piperidine rings is 1. The van der Waals surface area contributed by atoms with Gasteiger partial charge < -0.3 is 10.2 Å². The standard InChI is InChI=1S/C24H27N3O2/c28-23(18-6-7-18)26-13-11-21(12-14-26)25-24(29)27-15-10-20-16-19(8-9-22(20)27)17-4-2-1-3-5-17/h1-5,8-9,16,18,21H,6-7,10-15H2,(H,25,29). The minimum atomic E-state index is -0.0109. The summed E-state index contributed by atoms with van der Waals surface area (Å²) in [6, 6.07) is 16.9. The molecule has 1 saturated heterocycles. The molecule has 0 bridgehead atoms. The van der Waals surface area contributed by atoms with E-state index in [9.17, 15) is 9.59 Å². The minimum absolute atomic E-state index is 0.0109. The number of hydrogen-bond donors (Lipinski definition) is 1. The molecule has 2 heterocycles. The Balaban J connectivity index is 1.21. The fraction of sp³-hybridized carbons (Fsp3) is 0.417. The average Bonchev–Trinajstić information content (AvgIpc) is 3.53. The van der Waals surface area contributed by atoms with Gasteiger partial charge in [-0.1, -0.05) is 36.4 Å². The van der Waals surface area contributed by atoms with E-state index in [0.29, 0.717) is 5.91 Å². The van der Waals surface area contributed by atoms with E-state index in [1.54, 1.807) is 0 Å². The van der Waals surface area contributed by atoms with E-state index in [-0.39, 0.29) is 18.0 Å². The van der Waals surface area contributed by atoms with Crippen molar-refractivity contribution in [2.75, 3.05) is 24.5 Å². The Morgan fingerprint density at radius 1 is 0.862 bits per heavy atom. The summed E-state index contributed by atoms with van der Waals surface area (Å²) in [4.78, 5) is 28.9. The van der Waals surface area contributed by atoms with Crippen LogP contribution < -0.4 is 10.2 Å². The molecule has 0 unspecified atom stereocenters. The maximum absolute atomic E-state index is 12.9. The summed E-state index contributed by atoms with van der Waals surface area (Å²) in [5.41, 5.74) is 4.64. The quantitative estimate of drug-likeness (QED) is 0.867. The first-order valence-corrected chi connectivity index (χ1v) is 10.7. The summed E-state index contributed by atoms with van der Waals surface area (Å²) >= 11 is 0. The van der Waals surface area contributed by atoms with Crippen molar-refractivity contribution < 1.29 is 9.59 Å². The maximum Gasteiger partial charge on any atom is 0.322 e. The predicted molar refractivity (Wildman–Crippen MR) is 114 cm³/mol. The maximum atomic E-state index is 12.9. The van der Waals surface area contributed by atoms with Gasteiger partial charge in [-0.15, -0.1) is 0 Å². The summed E-state index contributed by atoms with van der Waals surface area (Å²) in [6.07, 6.45) is 4.68. The first-order valence-electron chi connectivity index (χ1n) is 10.7. The molecule has 0 atom stereocenters. The van der Waals surface area contributed by atoms with Crippen LogP contribution in [0.1, 0.15) is 31.2 Å².